The molecular formula is C27H40N2O2. The average molecular weight is 425 g/mol. The first-order valence-corrected chi connectivity index (χ1v) is 11.0. The Balaban J connectivity index is 0.00000134. The monoisotopic (exact) mass is 424 g/mol. The number of aryl methyl sites for hydroxylation is 1. The van der Waals surface area contributed by atoms with Crippen LogP contribution in [0, 0.1) is 13.8 Å². The molecule has 1 N–H and O–H groups in total. The molecule has 0 bridgehead atoms. The number of nitrogens with zero attached hydrogens (tertiary/aromatic N) is 1. The fourth-order valence-electron chi connectivity index (χ4n) is 3.12. The predicted molar refractivity (Wildman–Crippen MR) is 134 cm³/mol. The number of rotatable bonds is 8. The van der Waals surface area contributed by atoms with Crippen LogP contribution in [0.1, 0.15) is 72.6 Å². The van der Waals surface area contributed by atoms with Crippen LogP contribution in [-0.2, 0) is 11.3 Å². The lowest BCUT2D eigenvalue weighted by molar-refractivity contribution is 0.112. The number of benzene rings is 2. The van der Waals surface area contributed by atoms with Gasteiger partial charge < -0.3 is 4.84 Å². The third-order valence-electron chi connectivity index (χ3n) is 4.83. The molecule has 0 amide bonds. The molecular weight excluding hydrogens is 384 g/mol. The largest absolute Gasteiger partial charge is 0.305 e. The molecule has 170 valence electrons. The van der Waals surface area contributed by atoms with E-state index in [-0.39, 0.29) is 5.92 Å². The SMILES string of the molecule is C/C=C(\N=CCC)C(Cc1cccc(C=O)c1)c1cccc(C)c1C.CC.CNOC. The van der Waals surface area contributed by atoms with Crippen molar-refractivity contribution in [3.05, 3.63) is 82.1 Å². The van der Waals surface area contributed by atoms with E-state index >= 15 is 0 Å². The molecule has 1 unspecified atom stereocenters. The van der Waals surface area contributed by atoms with Crippen molar-refractivity contribution in [3.63, 3.8) is 0 Å². The molecule has 0 aliphatic carbocycles. The van der Waals surface area contributed by atoms with Crippen LogP contribution in [0.15, 0.2) is 59.2 Å². The van der Waals surface area contributed by atoms with Gasteiger partial charge in [0, 0.05) is 30.4 Å². The predicted octanol–water partition coefficient (Wildman–Crippen LogP) is 6.62. The molecule has 0 aliphatic rings. The van der Waals surface area contributed by atoms with Crippen molar-refractivity contribution in [2.45, 2.75) is 60.3 Å². The zero-order valence-corrected chi connectivity index (χ0v) is 20.5. The van der Waals surface area contributed by atoms with Crippen LogP contribution in [0.3, 0.4) is 0 Å². The Morgan fingerprint density at radius 1 is 1.16 bits per heavy atom. The van der Waals surface area contributed by atoms with Crippen LogP contribution in [0.2, 0.25) is 0 Å². The number of aldehydes is 1. The standard InChI is InChI=1S/C23H27NO.C2H7NO.C2H6/c1-5-13-24-23(6-2)22(21-12-7-9-17(3)18(21)4)15-19-10-8-11-20(14-19)16-25;1-3-4-2;1-2/h6-14,16,22H,5,15H2,1-4H3;3H,1-2H3;1-2H3/b23-6-,24-13?;;. The Hall–Kier alpha value is -2.56. The van der Waals surface area contributed by atoms with E-state index in [1.165, 1.54) is 16.7 Å². The topological polar surface area (TPSA) is 50.7 Å². The summed E-state index contributed by atoms with van der Waals surface area (Å²) in [5.74, 6) is 0.176. The van der Waals surface area contributed by atoms with E-state index in [0.29, 0.717) is 0 Å². The van der Waals surface area contributed by atoms with Gasteiger partial charge in [-0.05, 0) is 61.9 Å². The molecule has 1 atom stereocenters. The van der Waals surface area contributed by atoms with E-state index in [2.05, 4.69) is 61.4 Å². The molecule has 0 saturated heterocycles. The van der Waals surface area contributed by atoms with Crippen LogP contribution in [0.4, 0.5) is 0 Å². The average Bonchev–Trinajstić information content (AvgIpc) is 2.82. The summed E-state index contributed by atoms with van der Waals surface area (Å²) < 4.78 is 0. The van der Waals surface area contributed by atoms with Crippen molar-refractivity contribution in [1.82, 2.24) is 5.48 Å². The number of hydroxylamine groups is 1. The summed E-state index contributed by atoms with van der Waals surface area (Å²) in [6.07, 6.45) is 6.71. The van der Waals surface area contributed by atoms with E-state index in [4.69, 9.17) is 4.99 Å². The Labute approximate surface area is 189 Å². The highest BCUT2D eigenvalue weighted by atomic mass is 16.6. The van der Waals surface area contributed by atoms with Gasteiger partial charge in [0.1, 0.15) is 6.29 Å². The van der Waals surface area contributed by atoms with Gasteiger partial charge in [-0.3, -0.25) is 9.79 Å². The molecule has 2 aromatic rings. The van der Waals surface area contributed by atoms with Crippen LogP contribution < -0.4 is 5.48 Å². The zero-order chi connectivity index (χ0) is 23.6. The molecule has 0 radical (unpaired) electrons. The Kier molecular flexibility index (Phi) is 15.7. The van der Waals surface area contributed by atoms with Gasteiger partial charge in [-0.2, -0.15) is 0 Å². The molecule has 4 heteroatoms. The van der Waals surface area contributed by atoms with Crippen molar-refractivity contribution in [2.24, 2.45) is 4.99 Å². The fourth-order valence-corrected chi connectivity index (χ4v) is 3.12. The summed E-state index contributed by atoms with van der Waals surface area (Å²) in [5.41, 5.74) is 9.28. The van der Waals surface area contributed by atoms with Crippen molar-refractivity contribution in [1.29, 1.82) is 0 Å². The molecule has 0 aliphatic heterocycles. The second-order valence-electron chi connectivity index (χ2n) is 6.75. The van der Waals surface area contributed by atoms with E-state index in [1.807, 2.05) is 45.2 Å². The third kappa shape index (κ3) is 9.86. The number of carbonyl (C=O) groups is 1. The maximum absolute atomic E-state index is 11.1. The Morgan fingerprint density at radius 2 is 1.81 bits per heavy atom. The maximum atomic E-state index is 11.1. The number of hydrogen-bond acceptors (Lipinski definition) is 4. The number of carbonyl (C=O) groups excluding carboxylic acids is 1. The van der Waals surface area contributed by atoms with Gasteiger partial charge in [0.05, 0.1) is 7.11 Å². The van der Waals surface area contributed by atoms with E-state index < -0.39 is 0 Å². The molecule has 0 saturated carbocycles. The quantitative estimate of drug-likeness (QED) is 0.294. The minimum atomic E-state index is 0.176. The van der Waals surface area contributed by atoms with Gasteiger partial charge in [0.25, 0.3) is 0 Å². The van der Waals surface area contributed by atoms with Gasteiger partial charge in [-0.25, -0.2) is 5.48 Å². The summed E-state index contributed by atoms with van der Waals surface area (Å²) >= 11 is 0. The highest BCUT2D eigenvalue weighted by molar-refractivity contribution is 5.75. The summed E-state index contributed by atoms with van der Waals surface area (Å²) in [6, 6.07) is 14.3. The molecule has 0 spiro atoms. The first-order chi connectivity index (χ1) is 15.0. The maximum Gasteiger partial charge on any atom is 0.150 e. The van der Waals surface area contributed by atoms with Gasteiger partial charge in [0.2, 0.25) is 0 Å². The van der Waals surface area contributed by atoms with Crippen molar-refractivity contribution in [2.75, 3.05) is 14.2 Å². The Morgan fingerprint density at radius 3 is 2.35 bits per heavy atom. The van der Waals surface area contributed by atoms with E-state index in [1.54, 1.807) is 14.2 Å². The minimum Gasteiger partial charge on any atom is -0.305 e. The highest BCUT2D eigenvalue weighted by Crippen LogP contribution is 2.32. The molecule has 2 aromatic carbocycles. The number of allylic oxidation sites excluding steroid dienone is 2. The van der Waals surface area contributed by atoms with Gasteiger partial charge in [-0.15, -0.1) is 0 Å². The molecule has 4 nitrogen and oxygen atoms in total. The number of hydrogen-bond donors (Lipinski definition) is 1. The lowest BCUT2D eigenvalue weighted by Crippen LogP contribution is -2.09. The summed E-state index contributed by atoms with van der Waals surface area (Å²) in [4.78, 5) is 20.1. The van der Waals surface area contributed by atoms with Crippen LogP contribution in [-0.4, -0.2) is 26.7 Å². The van der Waals surface area contributed by atoms with Crippen molar-refractivity contribution in [3.8, 4) is 0 Å². The van der Waals surface area contributed by atoms with E-state index in [9.17, 15) is 4.79 Å². The molecule has 31 heavy (non-hydrogen) atoms. The van der Waals surface area contributed by atoms with Gasteiger partial charge in [-0.1, -0.05) is 63.2 Å². The van der Waals surface area contributed by atoms with Crippen LogP contribution in [0.5, 0.6) is 0 Å². The van der Waals surface area contributed by atoms with Crippen LogP contribution >= 0.6 is 0 Å². The molecule has 0 heterocycles. The second kappa shape index (κ2) is 17.2. The first kappa shape index (κ1) is 28.4. The van der Waals surface area contributed by atoms with Crippen molar-refractivity contribution >= 4 is 12.5 Å². The second-order valence-corrected chi connectivity index (χ2v) is 6.75. The van der Waals surface area contributed by atoms with Gasteiger partial charge in [0.15, 0.2) is 0 Å². The fraction of sp³-hybridized carbons (Fsp3) is 0.407. The lowest BCUT2D eigenvalue weighted by Gasteiger charge is -2.22. The number of aliphatic imine (C=N–C) groups is 1. The summed E-state index contributed by atoms with van der Waals surface area (Å²) in [7, 11) is 3.28. The summed E-state index contributed by atoms with van der Waals surface area (Å²) in [6.45, 7) is 12.5. The first-order valence-electron chi connectivity index (χ1n) is 11.0. The van der Waals surface area contributed by atoms with E-state index in [0.717, 1.165) is 36.0 Å². The molecule has 2 rings (SSSR count). The smallest absolute Gasteiger partial charge is 0.150 e. The zero-order valence-electron chi connectivity index (χ0n) is 20.5. The molecule has 0 fully saturated rings. The normalized spacial score (nSPS) is 11.8. The Bertz CT molecular complexity index is 824. The lowest BCUT2D eigenvalue weighted by atomic mass is 9.85. The minimum absolute atomic E-state index is 0.176. The van der Waals surface area contributed by atoms with Gasteiger partial charge >= 0.3 is 0 Å². The molecule has 0 aromatic heterocycles. The number of nitrogens with one attached hydrogen (secondary N) is 1. The summed E-state index contributed by atoms with van der Waals surface area (Å²) in [5, 5.41) is 0. The third-order valence-corrected chi connectivity index (χ3v) is 4.83. The van der Waals surface area contributed by atoms with Crippen molar-refractivity contribution < 1.29 is 9.63 Å². The van der Waals surface area contributed by atoms with Crippen LogP contribution in [0.25, 0.3) is 0 Å². The highest BCUT2D eigenvalue weighted by Gasteiger charge is 2.19.